The van der Waals surface area contributed by atoms with Gasteiger partial charge in [0, 0.05) is 15.7 Å². The summed E-state index contributed by atoms with van der Waals surface area (Å²) in [5, 5.41) is 9.45. The number of carbonyl (C=O) groups is 2. The van der Waals surface area contributed by atoms with Gasteiger partial charge in [0.1, 0.15) is 5.69 Å². The summed E-state index contributed by atoms with van der Waals surface area (Å²) in [4.78, 5) is 24.1. The van der Waals surface area contributed by atoms with Crippen LogP contribution in [0.5, 0.6) is 0 Å². The quantitative estimate of drug-likeness (QED) is 0.595. The van der Waals surface area contributed by atoms with Crippen molar-refractivity contribution >= 4 is 33.5 Å². The molecule has 138 valence electrons. The van der Waals surface area contributed by atoms with Gasteiger partial charge in [-0.2, -0.15) is 5.10 Å². The minimum Gasteiger partial charge on any atom is -0.451 e. The maximum Gasteiger partial charge on any atom is 0.356 e. The molecule has 2 N–H and O–H groups in total. The van der Waals surface area contributed by atoms with Gasteiger partial charge < -0.3 is 10.1 Å². The molecule has 0 aliphatic carbocycles. The highest BCUT2D eigenvalue weighted by atomic mass is 79.9. The molecule has 6 nitrogen and oxygen atoms in total. The number of rotatable bonds is 5. The summed E-state index contributed by atoms with van der Waals surface area (Å²) < 4.78 is 6.01. The van der Waals surface area contributed by atoms with E-state index in [0.29, 0.717) is 11.4 Å². The Hall–Kier alpha value is -2.93. The van der Waals surface area contributed by atoms with Gasteiger partial charge in [0.25, 0.3) is 5.91 Å². The second kappa shape index (κ2) is 8.18. The fourth-order valence-electron chi connectivity index (χ4n) is 2.42. The van der Waals surface area contributed by atoms with Gasteiger partial charge in [0.05, 0.1) is 5.69 Å². The van der Waals surface area contributed by atoms with Crippen LogP contribution in [0.1, 0.15) is 21.6 Å². The van der Waals surface area contributed by atoms with Gasteiger partial charge in [-0.1, -0.05) is 34.1 Å². The number of aromatic amines is 1. The van der Waals surface area contributed by atoms with Gasteiger partial charge in [-0.15, -0.1) is 0 Å². The molecule has 0 radical (unpaired) electrons. The van der Waals surface area contributed by atoms with Crippen LogP contribution in [0.3, 0.4) is 0 Å². The van der Waals surface area contributed by atoms with Gasteiger partial charge in [-0.05, 0) is 55.3 Å². The first-order chi connectivity index (χ1) is 12.9. The predicted molar refractivity (Wildman–Crippen MR) is 107 cm³/mol. The van der Waals surface area contributed by atoms with Crippen molar-refractivity contribution in [1.82, 2.24) is 10.2 Å². The van der Waals surface area contributed by atoms with Crippen LogP contribution in [0.15, 0.2) is 53.0 Å². The highest BCUT2D eigenvalue weighted by molar-refractivity contribution is 9.10. The number of H-pyrrole nitrogens is 1. The first kappa shape index (κ1) is 18.8. The highest BCUT2D eigenvalue weighted by Crippen LogP contribution is 2.20. The highest BCUT2D eigenvalue weighted by Gasteiger charge is 2.14. The van der Waals surface area contributed by atoms with Crippen LogP contribution in [0.2, 0.25) is 0 Å². The van der Waals surface area contributed by atoms with E-state index in [2.05, 4.69) is 31.4 Å². The van der Waals surface area contributed by atoms with Crippen LogP contribution < -0.4 is 5.32 Å². The van der Waals surface area contributed by atoms with E-state index >= 15 is 0 Å². The monoisotopic (exact) mass is 427 g/mol. The zero-order valence-electron chi connectivity index (χ0n) is 14.9. The molecule has 7 heteroatoms. The number of halogens is 1. The largest absolute Gasteiger partial charge is 0.451 e. The van der Waals surface area contributed by atoms with Crippen molar-refractivity contribution in [2.45, 2.75) is 13.8 Å². The average Bonchev–Trinajstić information content (AvgIpc) is 3.13. The molecule has 0 aliphatic heterocycles. The Morgan fingerprint density at radius 2 is 1.81 bits per heavy atom. The summed E-state index contributed by atoms with van der Waals surface area (Å²) in [6.45, 7) is 3.58. The SMILES string of the molecule is Cc1ccc(NC(=O)COC(=O)c2cc(-c3ccc(Br)cc3)n[nH]2)cc1C. The fourth-order valence-corrected chi connectivity index (χ4v) is 2.68. The first-order valence-electron chi connectivity index (χ1n) is 8.28. The smallest absolute Gasteiger partial charge is 0.356 e. The number of esters is 1. The zero-order valence-corrected chi connectivity index (χ0v) is 16.5. The number of aromatic nitrogens is 2. The molecule has 0 fully saturated rings. The molecule has 2 aromatic carbocycles. The summed E-state index contributed by atoms with van der Waals surface area (Å²) in [7, 11) is 0. The van der Waals surface area contributed by atoms with Crippen molar-refractivity contribution in [3.05, 3.63) is 69.8 Å². The molecule has 1 amide bonds. The summed E-state index contributed by atoms with van der Waals surface area (Å²) in [5.74, 6) is -1.04. The molecule has 0 unspecified atom stereocenters. The molecule has 0 aliphatic rings. The molecule has 3 aromatic rings. The number of anilines is 1. The van der Waals surface area contributed by atoms with Crippen LogP contribution in [-0.2, 0) is 9.53 Å². The molecular formula is C20H18BrN3O3. The Bertz CT molecular complexity index is 980. The molecule has 0 spiro atoms. The van der Waals surface area contributed by atoms with Crippen molar-refractivity contribution in [3.63, 3.8) is 0 Å². The molecule has 1 aromatic heterocycles. The minimum atomic E-state index is -0.638. The maximum atomic E-state index is 12.1. The van der Waals surface area contributed by atoms with Gasteiger partial charge in [-0.25, -0.2) is 4.79 Å². The lowest BCUT2D eigenvalue weighted by Crippen LogP contribution is -2.21. The second-order valence-electron chi connectivity index (χ2n) is 6.10. The Balaban J connectivity index is 1.56. The van der Waals surface area contributed by atoms with E-state index in [1.807, 2.05) is 50.2 Å². The van der Waals surface area contributed by atoms with E-state index in [-0.39, 0.29) is 12.3 Å². The second-order valence-corrected chi connectivity index (χ2v) is 7.01. The molecular weight excluding hydrogens is 410 g/mol. The van der Waals surface area contributed by atoms with Crippen LogP contribution in [0, 0.1) is 13.8 Å². The first-order valence-corrected chi connectivity index (χ1v) is 9.07. The molecule has 1 heterocycles. The van der Waals surface area contributed by atoms with Crippen molar-refractivity contribution < 1.29 is 14.3 Å². The Labute approximate surface area is 165 Å². The lowest BCUT2D eigenvalue weighted by molar-refractivity contribution is -0.119. The number of aryl methyl sites for hydroxylation is 2. The van der Waals surface area contributed by atoms with Crippen LogP contribution in [0.25, 0.3) is 11.3 Å². The maximum absolute atomic E-state index is 12.1. The summed E-state index contributed by atoms with van der Waals surface area (Å²) >= 11 is 3.37. The van der Waals surface area contributed by atoms with E-state index in [1.54, 1.807) is 12.1 Å². The molecule has 0 bridgehead atoms. The van der Waals surface area contributed by atoms with Crippen LogP contribution in [-0.4, -0.2) is 28.7 Å². The third-order valence-electron chi connectivity index (χ3n) is 4.06. The molecule has 3 rings (SSSR count). The van der Waals surface area contributed by atoms with E-state index in [4.69, 9.17) is 4.74 Å². The molecule has 0 saturated carbocycles. The Morgan fingerprint density at radius 1 is 1.07 bits per heavy atom. The number of benzene rings is 2. The van der Waals surface area contributed by atoms with E-state index in [1.165, 1.54) is 0 Å². The zero-order chi connectivity index (χ0) is 19.4. The van der Waals surface area contributed by atoms with Crippen LogP contribution >= 0.6 is 15.9 Å². The number of ether oxygens (including phenoxy) is 1. The van der Waals surface area contributed by atoms with E-state index < -0.39 is 11.9 Å². The Kier molecular flexibility index (Phi) is 5.71. The van der Waals surface area contributed by atoms with Gasteiger partial charge in [-0.3, -0.25) is 9.89 Å². The lowest BCUT2D eigenvalue weighted by atomic mass is 10.1. The van der Waals surface area contributed by atoms with Crippen molar-refractivity contribution in [2.75, 3.05) is 11.9 Å². The topological polar surface area (TPSA) is 84.1 Å². The Morgan fingerprint density at radius 3 is 2.52 bits per heavy atom. The fraction of sp³-hybridized carbons (Fsp3) is 0.150. The standard InChI is InChI=1S/C20H18BrN3O3/c1-12-3-8-16(9-13(12)2)22-19(25)11-27-20(26)18-10-17(23-24-18)14-4-6-15(21)7-5-14/h3-10H,11H2,1-2H3,(H,22,25)(H,23,24). The number of nitrogens with zero attached hydrogens (tertiary/aromatic N) is 1. The molecule has 0 atom stereocenters. The van der Waals surface area contributed by atoms with Crippen molar-refractivity contribution in [1.29, 1.82) is 0 Å². The number of nitrogens with one attached hydrogen (secondary N) is 2. The summed E-state index contributed by atoms with van der Waals surface area (Å²) in [5.41, 5.74) is 4.54. The van der Waals surface area contributed by atoms with Crippen LogP contribution in [0.4, 0.5) is 5.69 Å². The predicted octanol–water partition coefficient (Wildman–Crippen LogP) is 4.25. The van der Waals surface area contributed by atoms with Gasteiger partial charge in [0.15, 0.2) is 6.61 Å². The lowest BCUT2D eigenvalue weighted by Gasteiger charge is -2.08. The van der Waals surface area contributed by atoms with Crippen molar-refractivity contribution in [2.24, 2.45) is 0 Å². The molecule has 27 heavy (non-hydrogen) atoms. The van der Waals surface area contributed by atoms with E-state index in [9.17, 15) is 9.59 Å². The third kappa shape index (κ3) is 4.83. The number of hydrogen-bond acceptors (Lipinski definition) is 4. The summed E-state index contributed by atoms with van der Waals surface area (Å²) in [6, 6.07) is 14.7. The number of hydrogen-bond donors (Lipinski definition) is 2. The normalized spacial score (nSPS) is 10.5. The third-order valence-corrected chi connectivity index (χ3v) is 4.59. The number of amides is 1. The van der Waals surface area contributed by atoms with Crippen molar-refractivity contribution in [3.8, 4) is 11.3 Å². The minimum absolute atomic E-state index is 0.187. The molecule has 0 saturated heterocycles. The van der Waals surface area contributed by atoms with Gasteiger partial charge >= 0.3 is 5.97 Å². The van der Waals surface area contributed by atoms with E-state index in [0.717, 1.165) is 21.2 Å². The number of carbonyl (C=O) groups excluding carboxylic acids is 2. The average molecular weight is 428 g/mol. The summed E-state index contributed by atoms with van der Waals surface area (Å²) in [6.07, 6.45) is 0. The van der Waals surface area contributed by atoms with Gasteiger partial charge in [0.2, 0.25) is 0 Å².